The van der Waals surface area contributed by atoms with Crippen LogP contribution in [-0.4, -0.2) is 4.69 Å². The molecule has 0 saturated heterocycles. The topological polar surface area (TPSA) is 17.1 Å². The number of carbonyl (C=O) groups excluding carboxylic acids is 1. The predicted molar refractivity (Wildman–Crippen MR) is 47.5 cm³/mol. The molecule has 0 aromatic rings. The van der Waals surface area contributed by atoms with E-state index in [1.165, 1.54) is 12.8 Å². The maximum Gasteiger partial charge on any atom is 0.207 e. The van der Waals surface area contributed by atoms with E-state index in [1.54, 1.807) is 0 Å². The lowest BCUT2D eigenvalue weighted by atomic mass is 9.83. The van der Waals surface area contributed by atoms with Gasteiger partial charge >= 0.3 is 0 Å². The Balaban J connectivity index is 2.33. The number of carbonyl (C=O) groups is 1. The Labute approximate surface area is 75.0 Å². The number of hydrogen-bond donors (Lipinski definition) is 0. The highest BCUT2D eigenvalue weighted by Gasteiger charge is 2.47. The fourth-order valence-electron chi connectivity index (χ4n) is 2.42. The third-order valence-electron chi connectivity index (χ3n) is 3.07. The maximum absolute atomic E-state index is 11.3. The molecule has 0 aromatic heterocycles. The zero-order valence-corrected chi connectivity index (χ0v) is 7.93. The molecule has 2 unspecified atom stereocenters. The van der Waals surface area contributed by atoms with Gasteiger partial charge in [0.25, 0.3) is 0 Å². The lowest BCUT2D eigenvalue weighted by Gasteiger charge is -2.22. The first-order valence-corrected chi connectivity index (χ1v) is 4.93. The second-order valence-corrected chi connectivity index (χ2v) is 4.26. The van der Waals surface area contributed by atoms with Gasteiger partial charge in [-0.1, -0.05) is 18.6 Å². The van der Waals surface area contributed by atoms with E-state index < -0.39 is 0 Å². The summed E-state index contributed by atoms with van der Waals surface area (Å²) in [6, 6.07) is 0. The van der Waals surface area contributed by atoms with Crippen molar-refractivity contribution in [2.75, 3.05) is 0 Å². The molecule has 0 bridgehead atoms. The summed E-state index contributed by atoms with van der Waals surface area (Å²) in [5, 5.41) is 0. The van der Waals surface area contributed by atoms with Crippen LogP contribution in [0.25, 0.3) is 0 Å². The maximum atomic E-state index is 11.3. The van der Waals surface area contributed by atoms with Crippen molar-refractivity contribution in [1.29, 1.82) is 0 Å². The zero-order valence-electron chi connectivity index (χ0n) is 6.35. The summed E-state index contributed by atoms with van der Waals surface area (Å²) < 4.78 is 0.196. The minimum atomic E-state index is -0.0972. The number of fused-ring (bicyclic) bond motifs is 1. The molecule has 2 aliphatic carbocycles. The second kappa shape index (κ2) is 2.44. The quantitative estimate of drug-likeness (QED) is 0.485. The molecule has 1 saturated carbocycles. The van der Waals surface area contributed by atoms with Crippen molar-refractivity contribution in [2.45, 2.75) is 25.7 Å². The van der Waals surface area contributed by atoms with Gasteiger partial charge in [-0.05, 0) is 41.1 Å². The van der Waals surface area contributed by atoms with Gasteiger partial charge < -0.3 is 0 Å². The summed E-state index contributed by atoms with van der Waals surface area (Å²) in [5.41, 5.74) is -0.0972. The highest BCUT2D eigenvalue weighted by Crippen LogP contribution is 2.51. The first-order valence-electron chi connectivity index (χ1n) is 4.13. The Morgan fingerprint density at radius 1 is 1.64 bits per heavy atom. The van der Waals surface area contributed by atoms with Gasteiger partial charge in [0.05, 0.1) is 5.41 Å². The Hall–Kier alpha value is -0.110. The van der Waals surface area contributed by atoms with E-state index in [2.05, 4.69) is 28.1 Å². The van der Waals surface area contributed by atoms with Crippen LogP contribution >= 0.6 is 15.9 Å². The fraction of sp³-hybridized carbons (Fsp3) is 0.667. The molecule has 0 aliphatic heterocycles. The van der Waals surface area contributed by atoms with Crippen molar-refractivity contribution in [3.63, 3.8) is 0 Å². The number of hydrogen-bond acceptors (Lipinski definition) is 1. The number of rotatable bonds is 1. The van der Waals surface area contributed by atoms with Gasteiger partial charge in [0, 0.05) is 0 Å². The standard InChI is InChI=1S/C9H11BrO/c10-8(11)9-5-1-3-7(9)4-2-6-9/h1,5,7H,2-4,6H2. The van der Waals surface area contributed by atoms with Crippen LogP contribution < -0.4 is 0 Å². The second-order valence-electron chi connectivity index (χ2n) is 3.54. The summed E-state index contributed by atoms with van der Waals surface area (Å²) in [7, 11) is 0. The molecule has 0 N–H and O–H groups in total. The highest BCUT2D eigenvalue weighted by molar-refractivity contribution is 9.18. The molecular weight excluding hydrogens is 204 g/mol. The molecule has 1 nitrogen and oxygen atoms in total. The summed E-state index contributed by atoms with van der Waals surface area (Å²) in [4.78, 5) is 11.3. The predicted octanol–water partition coefficient (Wildman–Crippen LogP) is 2.65. The van der Waals surface area contributed by atoms with Crippen molar-refractivity contribution in [2.24, 2.45) is 11.3 Å². The number of allylic oxidation sites excluding steroid dienone is 2. The molecule has 0 spiro atoms. The van der Waals surface area contributed by atoms with Gasteiger partial charge in [-0.3, -0.25) is 4.79 Å². The molecule has 2 aliphatic rings. The van der Waals surface area contributed by atoms with Gasteiger partial charge in [-0.25, -0.2) is 0 Å². The first kappa shape index (κ1) is 7.53. The summed E-state index contributed by atoms with van der Waals surface area (Å²) in [5.74, 6) is 0.606. The summed E-state index contributed by atoms with van der Waals surface area (Å²) in [6.07, 6.45) is 8.87. The molecule has 0 aromatic carbocycles. The molecule has 60 valence electrons. The number of halogens is 1. The van der Waals surface area contributed by atoms with Gasteiger partial charge in [0.2, 0.25) is 4.69 Å². The largest absolute Gasteiger partial charge is 0.286 e. The average molecular weight is 215 g/mol. The molecule has 2 atom stereocenters. The molecule has 0 amide bonds. The van der Waals surface area contributed by atoms with Gasteiger partial charge in [-0.15, -0.1) is 0 Å². The monoisotopic (exact) mass is 214 g/mol. The van der Waals surface area contributed by atoms with E-state index in [9.17, 15) is 4.79 Å². The van der Waals surface area contributed by atoms with Crippen LogP contribution in [0.1, 0.15) is 25.7 Å². The smallest absolute Gasteiger partial charge is 0.207 e. The van der Waals surface area contributed by atoms with Gasteiger partial charge in [-0.2, -0.15) is 0 Å². The van der Waals surface area contributed by atoms with E-state index in [-0.39, 0.29) is 10.1 Å². The van der Waals surface area contributed by atoms with E-state index >= 15 is 0 Å². The van der Waals surface area contributed by atoms with Crippen LogP contribution in [0.4, 0.5) is 0 Å². The Bertz CT molecular complexity index is 222. The van der Waals surface area contributed by atoms with Crippen molar-refractivity contribution in [3.8, 4) is 0 Å². The lowest BCUT2D eigenvalue weighted by molar-refractivity contribution is -0.117. The van der Waals surface area contributed by atoms with Crippen LogP contribution in [-0.2, 0) is 4.79 Å². The normalized spacial score (nSPS) is 41.0. The molecular formula is C9H11BrO. The lowest BCUT2D eigenvalue weighted by Crippen LogP contribution is -2.25. The molecule has 1 fully saturated rings. The van der Waals surface area contributed by atoms with Crippen LogP contribution in [0.3, 0.4) is 0 Å². The van der Waals surface area contributed by atoms with Crippen molar-refractivity contribution in [1.82, 2.24) is 0 Å². The van der Waals surface area contributed by atoms with Crippen LogP contribution in [0.2, 0.25) is 0 Å². The van der Waals surface area contributed by atoms with Gasteiger partial charge in [0.15, 0.2) is 0 Å². The average Bonchev–Trinajstić information content (AvgIpc) is 2.40. The van der Waals surface area contributed by atoms with Crippen LogP contribution in [0.5, 0.6) is 0 Å². The molecule has 0 radical (unpaired) electrons. The van der Waals surface area contributed by atoms with Crippen molar-refractivity contribution < 1.29 is 4.79 Å². The highest BCUT2D eigenvalue weighted by atomic mass is 79.9. The van der Waals surface area contributed by atoms with Crippen LogP contribution in [0.15, 0.2) is 12.2 Å². The third-order valence-corrected chi connectivity index (χ3v) is 3.81. The van der Waals surface area contributed by atoms with E-state index in [0.29, 0.717) is 5.92 Å². The Kier molecular flexibility index (Phi) is 1.67. The Morgan fingerprint density at radius 2 is 2.45 bits per heavy atom. The van der Waals surface area contributed by atoms with E-state index in [4.69, 9.17) is 0 Å². The van der Waals surface area contributed by atoms with E-state index in [0.717, 1.165) is 12.8 Å². The Morgan fingerprint density at radius 3 is 3.09 bits per heavy atom. The SMILES string of the molecule is O=C(Br)C12C=CCC1CCC2. The first-order chi connectivity index (χ1) is 5.26. The zero-order chi connectivity index (χ0) is 7.90. The molecule has 11 heavy (non-hydrogen) atoms. The van der Waals surface area contributed by atoms with Gasteiger partial charge in [0.1, 0.15) is 0 Å². The van der Waals surface area contributed by atoms with E-state index in [1.807, 2.05) is 0 Å². The minimum Gasteiger partial charge on any atom is -0.286 e. The minimum absolute atomic E-state index is 0.0972. The molecule has 2 rings (SSSR count). The summed E-state index contributed by atoms with van der Waals surface area (Å²) >= 11 is 3.11. The fourth-order valence-corrected chi connectivity index (χ4v) is 3.07. The van der Waals surface area contributed by atoms with Crippen LogP contribution in [0, 0.1) is 11.3 Å². The third kappa shape index (κ3) is 0.919. The summed E-state index contributed by atoms with van der Waals surface area (Å²) in [6.45, 7) is 0. The molecule has 0 heterocycles. The molecule has 2 heteroatoms. The van der Waals surface area contributed by atoms with Crippen molar-refractivity contribution in [3.05, 3.63) is 12.2 Å². The van der Waals surface area contributed by atoms with Crippen molar-refractivity contribution >= 4 is 20.6 Å².